The van der Waals surface area contributed by atoms with Gasteiger partial charge in [0.05, 0.1) is 13.0 Å². The Hall–Kier alpha value is -0.570. The van der Waals surface area contributed by atoms with E-state index in [9.17, 15) is 4.79 Å². The summed E-state index contributed by atoms with van der Waals surface area (Å²) in [6.07, 6.45) is 8.84. The molecule has 0 bridgehead atoms. The summed E-state index contributed by atoms with van der Waals surface area (Å²) in [4.78, 5) is 11.3. The highest BCUT2D eigenvalue weighted by Crippen LogP contribution is 2.39. The van der Waals surface area contributed by atoms with Crippen LogP contribution in [-0.2, 0) is 9.53 Å². The highest BCUT2D eigenvalue weighted by Gasteiger charge is 2.35. The second-order valence-corrected chi connectivity index (χ2v) is 5.42. The molecule has 3 heteroatoms. The molecule has 0 heterocycles. The van der Waals surface area contributed by atoms with Crippen molar-refractivity contribution in [3.63, 3.8) is 0 Å². The number of ether oxygens (including phenoxy) is 1. The lowest BCUT2D eigenvalue weighted by molar-refractivity contribution is -0.143. The Bertz CT molecular complexity index is 233. The van der Waals surface area contributed by atoms with Crippen LogP contribution in [-0.4, -0.2) is 25.2 Å². The van der Waals surface area contributed by atoms with E-state index in [1.165, 1.54) is 38.5 Å². The van der Waals surface area contributed by atoms with Crippen molar-refractivity contribution in [3.8, 4) is 0 Å². The summed E-state index contributed by atoms with van der Waals surface area (Å²) in [5, 5.41) is 3.61. The molecule has 0 atom stereocenters. The van der Waals surface area contributed by atoms with Gasteiger partial charge in [-0.3, -0.25) is 4.79 Å². The first-order chi connectivity index (χ1) is 8.31. The van der Waals surface area contributed by atoms with Crippen LogP contribution in [0.5, 0.6) is 0 Å². The van der Waals surface area contributed by atoms with Crippen molar-refractivity contribution in [2.75, 3.05) is 13.2 Å². The predicted molar refractivity (Wildman–Crippen MR) is 67.7 cm³/mol. The van der Waals surface area contributed by atoms with Gasteiger partial charge in [0.1, 0.15) is 0 Å². The number of rotatable bonds is 7. The molecule has 98 valence electrons. The van der Waals surface area contributed by atoms with Gasteiger partial charge in [-0.1, -0.05) is 12.8 Å². The lowest BCUT2D eigenvalue weighted by Gasteiger charge is -2.43. The lowest BCUT2D eigenvalue weighted by atomic mass is 9.68. The molecule has 0 aromatic heterocycles. The molecule has 1 N–H and O–H groups in total. The maximum Gasteiger partial charge on any atom is 0.307 e. The number of hydrogen-bond acceptors (Lipinski definition) is 3. The molecule has 2 saturated carbocycles. The minimum absolute atomic E-state index is 0.0685. The molecule has 0 radical (unpaired) electrons. The molecule has 0 aromatic carbocycles. The second kappa shape index (κ2) is 6.39. The molecule has 0 aromatic rings. The van der Waals surface area contributed by atoms with E-state index in [2.05, 4.69) is 5.32 Å². The number of carbonyl (C=O) groups excluding carboxylic acids is 1. The summed E-state index contributed by atoms with van der Waals surface area (Å²) in [6, 6.07) is 0.673. The fraction of sp³-hybridized carbons (Fsp3) is 0.929. The molecule has 2 rings (SSSR count). The van der Waals surface area contributed by atoms with E-state index in [1.807, 2.05) is 6.92 Å². The van der Waals surface area contributed by atoms with E-state index >= 15 is 0 Å². The molecule has 17 heavy (non-hydrogen) atoms. The van der Waals surface area contributed by atoms with E-state index in [1.54, 1.807) is 0 Å². The van der Waals surface area contributed by atoms with Crippen molar-refractivity contribution in [2.24, 2.45) is 11.8 Å². The van der Waals surface area contributed by atoms with Crippen molar-refractivity contribution < 1.29 is 9.53 Å². The first kappa shape index (κ1) is 12.9. The van der Waals surface area contributed by atoms with Gasteiger partial charge in [-0.2, -0.15) is 0 Å². The summed E-state index contributed by atoms with van der Waals surface area (Å²) in [7, 11) is 0. The van der Waals surface area contributed by atoms with Gasteiger partial charge in [0.25, 0.3) is 0 Å². The average Bonchev–Trinajstić information content (AvgIpc) is 2.12. The molecule has 2 aliphatic carbocycles. The van der Waals surface area contributed by atoms with Gasteiger partial charge in [0.2, 0.25) is 0 Å². The van der Waals surface area contributed by atoms with Crippen molar-refractivity contribution in [1.29, 1.82) is 0 Å². The largest absolute Gasteiger partial charge is 0.466 e. The summed E-state index contributed by atoms with van der Waals surface area (Å²) >= 11 is 0. The SMILES string of the molecule is CCOC(=O)CCNC(C1CCC1)C1CCC1. The monoisotopic (exact) mass is 239 g/mol. The average molecular weight is 239 g/mol. The molecule has 0 saturated heterocycles. The van der Waals surface area contributed by atoms with E-state index in [4.69, 9.17) is 4.74 Å². The van der Waals surface area contributed by atoms with Crippen molar-refractivity contribution in [2.45, 2.75) is 57.9 Å². The first-order valence-corrected chi connectivity index (χ1v) is 7.20. The van der Waals surface area contributed by atoms with Crippen molar-refractivity contribution >= 4 is 5.97 Å². The lowest BCUT2D eigenvalue weighted by Crippen LogP contribution is -2.47. The Morgan fingerprint density at radius 3 is 2.24 bits per heavy atom. The fourth-order valence-electron chi connectivity index (χ4n) is 2.89. The third kappa shape index (κ3) is 3.44. The van der Waals surface area contributed by atoms with E-state index in [-0.39, 0.29) is 5.97 Å². The molecule has 0 spiro atoms. The number of esters is 1. The summed E-state index contributed by atoms with van der Waals surface area (Å²) in [5.74, 6) is 1.69. The standard InChI is InChI=1S/C14H25NO2/c1-2-17-13(16)9-10-15-14(11-5-3-6-11)12-7-4-8-12/h11-12,14-15H,2-10H2,1H3. The molecule has 2 aliphatic rings. The smallest absolute Gasteiger partial charge is 0.307 e. The van der Waals surface area contributed by atoms with E-state index in [0.717, 1.165) is 18.4 Å². The van der Waals surface area contributed by atoms with Gasteiger partial charge in [-0.05, 0) is 44.4 Å². The Kier molecular flexibility index (Phi) is 4.84. The van der Waals surface area contributed by atoms with Gasteiger partial charge in [0, 0.05) is 12.6 Å². The van der Waals surface area contributed by atoms with Gasteiger partial charge in [-0.15, -0.1) is 0 Å². The van der Waals surface area contributed by atoms with Crippen LogP contribution in [0, 0.1) is 11.8 Å². The molecule has 3 nitrogen and oxygen atoms in total. The minimum atomic E-state index is -0.0685. The highest BCUT2D eigenvalue weighted by molar-refractivity contribution is 5.69. The van der Waals surface area contributed by atoms with Gasteiger partial charge < -0.3 is 10.1 Å². The van der Waals surface area contributed by atoms with Crippen molar-refractivity contribution in [1.82, 2.24) is 5.32 Å². The number of hydrogen-bond donors (Lipinski definition) is 1. The van der Waals surface area contributed by atoms with Crippen LogP contribution in [0.15, 0.2) is 0 Å². The van der Waals surface area contributed by atoms with Crippen LogP contribution >= 0.6 is 0 Å². The molecule has 0 unspecified atom stereocenters. The zero-order valence-corrected chi connectivity index (χ0v) is 10.9. The molecular weight excluding hydrogens is 214 g/mol. The Morgan fingerprint density at radius 2 is 1.82 bits per heavy atom. The van der Waals surface area contributed by atoms with Crippen molar-refractivity contribution in [3.05, 3.63) is 0 Å². The summed E-state index contributed by atoms with van der Waals surface area (Å²) in [5.41, 5.74) is 0. The minimum Gasteiger partial charge on any atom is -0.466 e. The summed E-state index contributed by atoms with van der Waals surface area (Å²) < 4.78 is 4.95. The number of nitrogens with one attached hydrogen (secondary N) is 1. The zero-order chi connectivity index (χ0) is 12.1. The first-order valence-electron chi connectivity index (χ1n) is 7.20. The molecule has 0 amide bonds. The zero-order valence-electron chi connectivity index (χ0n) is 10.9. The quantitative estimate of drug-likeness (QED) is 0.694. The second-order valence-electron chi connectivity index (χ2n) is 5.42. The Labute approximate surface area is 104 Å². The third-order valence-electron chi connectivity index (χ3n) is 4.33. The highest BCUT2D eigenvalue weighted by atomic mass is 16.5. The molecule has 0 aliphatic heterocycles. The predicted octanol–water partition coefficient (Wildman–Crippen LogP) is 2.50. The Balaban J connectivity index is 1.67. The van der Waals surface area contributed by atoms with Crippen LogP contribution in [0.25, 0.3) is 0 Å². The summed E-state index contributed by atoms with van der Waals surface area (Å²) in [6.45, 7) is 3.14. The van der Waals surface area contributed by atoms with Gasteiger partial charge >= 0.3 is 5.97 Å². The van der Waals surface area contributed by atoms with Gasteiger partial charge in [-0.25, -0.2) is 0 Å². The van der Waals surface area contributed by atoms with Crippen LogP contribution < -0.4 is 5.32 Å². The maximum absolute atomic E-state index is 11.3. The topological polar surface area (TPSA) is 38.3 Å². The van der Waals surface area contributed by atoms with Crippen LogP contribution in [0.1, 0.15) is 51.9 Å². The van der Waals surface area contributed by atoms with E-state index in [0.29, 0.717) is 19.1 Å². The Morgan fingerprint density at radius 1 is 1.24 bits per heavy atom. The van der Waals surface area contributed by atoms with Crippen LogP contribution in [0.3, 0.4) is 0 Å². The molecule has 2 fully saturated rings. The molecular formula is C14H25NO2. The fourth-order valence-corrected chi connectivity index (χ4v) is 2.89. The third-order valence-corrected chi connectivity index (χ3v) is 4.33. The van der Waals surface area contributed by atoms with Gasteiger partial charge in [0.15, 0.2) is 0 Å². The van der Waals surface area contributed by atoms with E-state index < -0.39 is 0 Å². The normalized spacial score (nSPS) is 21.1. The maximum atomic E-state index is 11.3. The van der Waals surface area contributed by atoms with Crippen LogP contribution in [0.2, 0.25) is 0 Å². The van der Waals surface area contributed by atoms with Crippen LogP contribution in [0.4, 0.5) is 0 Å². The number of carbonyl (C=O) groups is 1.